The topological polar surface area (TPSA) is 61.9 Å². The maximum Gasteiger partial charge on any atom is 0.407 e. The van der Waals surface area contributed by atoms with Crippen molar-refractivity contribution in [3.8, 4) is 0 Å². The summed E-state index contributed by atoms with van der Waals surface area (Å²) in [7, 11) is 1.30. The number of amides is 2. The van der Waals surface area contributed by atoms with E-state index in [1.807, 2.05) is 11.0 Å². The second-order valence-corrected chi connectivity index (χ2v) is 7.56. The Morgan fingerprint density at radius 3 is 2.58 bits per heavy atom. The molecule has 2 aliphatic heterocycles. The number of nitrogens with one attached hydrogen (secondary N) is 1. The van der Waals surface area contributed by atoms with E-state index in [-0.39, 0.29) is 17.9 Å². The second-order valence-electron chi connectivity index (χ2n) is 7.56. The van der Waals surface area contributed by atoms with Crippen LogP contribution in [0.3, 0.4) is 0 Å². The van der Waals surface area contributed by atoms with Gasteiger partial charge in [0.1, 0.15) is 6.54 Å². The molecule has 2 saturated heterocycles. The Labute approximate surface area is 155 Å². The SMILES string of the molecule is COC(=O)NCC(=O)N1CCC[C@@]2(CCCN(Cc3ccccc3)C2)C1. The maximum absolute atomic E-state index is 12.5. The number of alkyl carbamates (subject to hydrolysis) is 1. The van der Waals surface area contributed by atoms with Crippen molar-refractivity contribution in [1.82, 2.24) is 15.1 Å². The van der Waals surface area contributed by atoms with Crippen molar-refractivity contribution in [2.24, 2.45) is 5.41 Å². The van der Waals surface area contributed by atoms with Crippen LogP contribution in [0.2, 0.25) is 0 Å². The van der Waals surface area contributed by atoms with Crippen molar-refractivity contribution < 1.29 is 14.3 Å². The van der Waals surface area contributed by atoms with Gasteiger partial charge in [-0.1, -0.05) is 30.3 Å². The van der Waals surface area contributed by atoms with Crippen LogP contribution in [0.15, 0.2) is 30.3 Å². The average molecular weight is 359 g/mol. The first-order valence-corrected chi connectivity index (χ1v) is 9.46. The van der Waals surface area contributed by atoms with Gasteiger partial charge >= 0.3 is 6.09 Å². The van der Waals surface area contributed by atoms with E-state index >= 15 is 0 Å². The number of carbonyl (C=O) groups excluding carboxylic acids is 2. The number of likely N-dealkylation sites (tertiary alicyclic amines) is 2. The molecule has 0 aromatic heterocycles. The largest absolute Gasteiger partial charge is 0.453 e. The van der Waals surface area contributed by atoms with Gasteiger partial charge in [-0.2, -0.15) is 0 Å². The zero-order valence-corrected chi connectivity index (χ0v) is 15.6. The number of carbonyl (C=O) groups is 2. The Bertz CT molecular complexity index is 618. The molecule has 6 nitrogen and oxygen atoms in total. The van der Waals surface area contributed by atoms with Crippen LogP contribution in [0.1, 0.15) is 31.2 Å². The highest BCUT2D eigenvalue weighted by atomic mass is 16.5. The number of piperidine rings is 2. The quantitative estimate of drug-likeness (QED) is 0.896. The lowest BCUT2D eigenvalue weighted by Gasteiger charge is -2.48. The fourth-order valence-electron chi connectivity index (χ4n) is 4.37. The zero-order valence-electron chi connectivity index (χ0n) is 15.6. The van der Waals surface area contributed by atoms with Crippen molar-refractivity contribution in [2.45, 2.75) is 32.2 Å². The van der Waals surface area contributed by atoms with Gasteiger partial charge in [0.15, 0.2) is 0 Å². The molecule has 0 bridgehead atoms. The smallest absolute Gasteiger partial charge is 0.407 e. The van der Waals surface area contributed by atoms with Crippen molar-refractivity contribution in [3.63, 3.8) is 0 Å². The lowest BCUT2D eigenvalue weighted by molar-refractivity contribution is -0.135. The molecule has 1 N–H and O–H groups in total. The van der Waals surface area contributed by atoms with Gasteiger partial charge in [-0.3, -0.25) is 9.69 Å². The van der Waals surface area contributed by atoms with Crippen LogP contribution < -0.4 is 5.32 Å². The molecule has 1 atom stereocenters. The number of hydrogen-bond acceptors (Lipinski definition) is 4. The van der Waals surface area contributed by atoms with E-state index in [9.17, 15) is 9.59 Å². The number of benzene rings is 1. The van der Waals surface area contributed by atoms with E-state index in [1.54, 1.807) is 0 Å². The molecule has 2 amide bonds. The summed E-state index contributed by atoms with van der Waals surface area (Å²) in [5, 5.41) is 2.50. The van der Waals surface area contributed by atoms with Crippen LogP contribution >= 0.6 is 0 Å². The van der Waals surface area contributed by atoms with E-state index in [0.717, 1.165) is 39.1 Å². The van der Waals surface area contributed by atoms with E-state index < -0.39 is 6.09 Å². The molecule has 0 saturated carbocycles. The molecule has 142 valence electrons. The Kier molecular flexibility index (Phi) is 6.14. The van der Waals surface area contributed by atoms with Crippen LogP contribution in [0.25, 0.3) is 0 Å². The molecule has 26 heavy (non-hydrogen) atoms. The first-order valence-electron chi connectivity index (χ1n) is 9.46. The lowest BCUT2D eigenvalue weighted by atomic mass is 9.73. The van der Waals surface area contributed by atoms with Crippen LogP contribution in [-0.2, 0) is 16.1 Å². The van der Waals surface area contributed by atoms with Crippen molar-refractivity contribution >= 4 is 12.0 Å². The van der Waals surface area contributed by atoms with Crippen LogP contribution in [0, 0.1) is 5.41 Å². The lowest BCUT2D eigenvalue weighted by Crippen LogP contribution is -2.54. The second kappa shape index (κ2) is 8.54. The third-order valence-electron chi connectivity index (χ3n) is 5.57. The normalized spacial score (nSPS) is 23.7. The van der Waals surface area contributed by atoms with Crippen LogP contribution in [0.4, 0.5) is 4.79 Å². The van der Waals surface area contributed by atoms with E-state index in [2.05, 4.69) is 39.2 Å². The molecule has 0 radical (unpaired) electrons. The minimum Gasteiger partial charge on any atom is -0.453 e. The predicted molar refractivity (Wildman–Crippen MR) is 99.6 cm³/mol. The van der Waals surface area contributed by atoms with Gasteiger partial charge in [0, 0.05) is 31.6 Å². The summed E-state index contributed by atoms with van der Waals surface area (Å²) in [6.45, 7) is 4.71. The van der Waals surface area contributed by atoms with Crippen molar-refractivity contribution in [3.05, 3.63) is 35.9 Å². The minimum absolute atomic E-state index is 0.0104. The standard InChI is InChI=1S/C20H29N3O3/c1-26-19(25)21-13-18(24)23-12-6-10-20(16-23)9-5-11-22(15-20)14-17-7-3-2-4-8-17/h2-4,7-8H,5-6,9-16H2,1H3,(H,21,25)/t20-/m1/s1. The van der Waals surface area contributed by atoms with Gasteiger partial charge in [0.25, 0.3) is 0 Å². The number of rotatable bonds is 4. The van der Waals surface area contributed by atoms with Gasteiger partial charge in [-0.05, 0) is 37.8 Å². The molecule has 6 heteroatoms. The zero-order chi connectivity index (χ0) is 18.4. The average Bonchev–Trinajstić information content (AvgIpc) is 2.66. The fraction of sp³-hybridized carbons (Fsp3) is 0.600. The van der Waals surface area contributed by atoms with Gasteiger partial charge in [-0.15, -0.1) is 0 Å². The molecule has 1 spiro atoms. The molecule has 2 fully saturated rings. The molecule has 2 heterocycles. The molecular weight excluding hydrogens is 330 g/mol. The first kappa shape index (κ1) is 18.7. The number of ether oxygens (including phenoxy) is 1. The highest BCUT2D eigenvalue weighted by Gasteiger charge is 2.40. The first-order chi connectivity index (χ1) is 12.6. The Hall–Kier alpha value is -2.08. The van der Waals surface area contributed by atoms with Gasteiger partial charge < -0.3 is 15.0 Å². The molecule has 0 aliphatic carbocycles. The van der Waals surface area contributed by atoms with Crippen LogP contribution in [-0.4, -0.2) is 61.6 Å². The molecule has 1 aromatic carbocycles. The summed E-state index contributed by atoms with van der Waals surface area (Å²) >= 11 is 0. The highest BCUT2D eigenvalue weighted by Crippen LogP contribution is 2.38. The van der Waals surface area contributed by atoms with Gasteiger partial charge in [-0.25, -0.2) is 4.79 Å². The van der Waals surface area contributed by atoms with E-state index in [1.165, 1.54) is 31.9 Å². The van der Waals surface area contributed by atoms with Crippen molar-refractivity contribution in [2.75, 3.05) is 39.8 Å². The maximum atomic E-state index is 12.5. The summed E-state index contributed by atoms with van der Waals surface area (Å²) in [5.74, 6) is -0.0188. The molecule has 1 aromatic rings. The third kappa shape index (κ3) is 4.75. The number of nitrogens with zero attached hydrogens (tertiary/aromatic N) is 2. The number of methoxy groups -OCH3 is 1. The summed E-state index contributed by atoms with van der Waals surface area (Å²) in [6, 6.07) is 10.6. The molecule has 0 unspecified atom stereocenters. The summed E-state index contributed by atoms with van der Waals surface area (Å²) in [4.78, 5) is 28.1. The van der Waals surface area contributed by atoms with Gasteiger partial charge in [0.05, 0.1) is 7.11 Å². The van der Waals surface area contributed by atoms with E-state index in [4.69, 9.17) is 0 Å². The number of hydrogen-bond donors (Lipinski definition) is 1. The highest BCUT2D eigenvalue weighted by molar-refractivity contribution is 5.82. The third-order valence-corrected chi connectivity index (χ3v) is 5.57. The fourth-order valence-corrected chi connectivity index (χ4v) is 4.37. The van der Waals surface area contributed by atoms with Gasteiger partial charge in [0.2, 0.25) is 5.91 Å². The Morgan fingerprint density at radius 2 is 1.85 bits per heavy atom. The summed E-state index contributed by atoms with van der Waals surface area (Å²) < 4.78 is 4.54. The summed E-state index contributed by atoms with van der Waals surface area (Å²) in [5.41, 5.74) is 1.53. The van der Waals surface area contributed by atoms with E-state index in [0.29, 0.717) is 0 Å². The van der Waals surface area contributed by atoms with Crippen LogP contribution in [0.5, 0.6) is 0 Å². The minimum atomic E-state index is -0.559. The summed E-state index contributed by atoms with van der Waals surface area (Å²) in [6.07, 6.45) is 3.99. The molecule has 2 aliphatic rings. The Balaban J connectivity index is 1.58. The molecular formula is C20H29N3O3. The Morgan fingerprint density at radius 1 is 1.12 bits per heavy atom. The monoisotopic (exact) mass is 359 g/mol. The molecule has 3 rings (SSSR count). The van der Waals surface area contributed by atoms with Crippen molar-refractivity contribution in [1.29, 1.82) is 0 Å². The predicted octanol–water partition coefficient (Wildman–Crippen LogP) is 2.25.